The molecule has 4 aromatic carbocycles. The highest BCUT2D eigenvalue weighted by atomic mass is 28.1. The first-order chi connectivity index (χ1) is 22.7. The molecule has 234 valence electrons. The highest BCUT2D eigenvalue weighted by Gasteiger charge is 2.28. The van der Waals surface area contributed by atoms with Crippen molar-refractivity contribution in [2.24, 2.45) is 0 Å². The molecule has 8 rings (SSSR count). The first-order valence-corrected chi connectivity index (χ1v) is 17.8. The molecule has 0 saturated carbocycles. The fourth-order valence-electron chi connectivity index (χ4n) is 7.27. The summed E-state index contributed by atoms with van der Waals surface area (Å²) >= 11 is 0. The summed E-state index contributed by atoms with van der Waals surface area (Å²) in [5, 5.41) is 0. The van der Waals surface area contributed by atoms with E-state index in [0.29, 0.717) is 5.54 Å². The molecular weight excluding hydrogens is 589 g/mol. The first-order valence-electron chi connectivity index (χ1n) is 16.6. The van der Waals surface area contributed by atoms with Gasteiger partial charge in [-0.3, -0.25) is 0 Å². The SMILES string of the molecule is Cc1ccc(C2=Cc3c(cc(C)c(C)c3-c3ccccc3)C2)o1.Cc1ccc(C2=Cc3c(cc(C)c(C)c3-c3ccccc3)C2[SiH3])o1. The summed E-state index contributed by atoms with van der Waals surface area (Å²) < 4.78 is 11.8. The fourth-order valence-corrected chi connectivity index (χ4v) is 8.20. The molecule has 0 bridgehead atoms. The minimum Gasteiger partial charge on any atom is -0.462 e. The predicted octanol–water partition coefficient (Wildman–Crippen LogP) is 10.8. The lowest BCUT2D eigenvalue weighted by Gasteiger charge is -2.17. The molecule has 1 unspecified atom stereocenters. The van der Waals surface area contributed by atoms with Crippen molar-refractivity contribution in [3.63, 3.8) is 0 Å². The summed E-state index contributed by atoms with van der Waals surface area (Å²) in [6.07, 6.45) is 5.62. The van der Waals surface area contributed by atoms with Crippen LogP contribution in [0, 0.1) is 41.5 Å². The van der Waals surface area contributed by atoms with Gasteiger partial charge in [-0.2, -0.15) is 0 Å². The summed E-state index contributed by atoms with van der Waals surface area (Å²) in [6.45, 7) is 12.9. The first kappa shape index (κ1) is 30.8. The van der Waals surface area contributed by atoms with Gasteiger partial charge in [-0.25, -0.2) is 0 Å². The molecule has 2 heterocycles. The molecule has 1 atom stereocenters. The monoisotopic (exact) mass is 630 g/mol. The van der Waals surface area contributed by atoms with E-state index in [9.17, 15) is 0 Å². The van der Waals surface area contributed by atoms with Crippen LogP contribution in [0.1, 0.15) is 73.1 Å². The van der Waals surface area contributed by atoms with Crippen molar-refractivity contribution in [3.8, 4) is 22.3 Å². The van der Waals surface area contributed by atoms with E-state index in [1.54, 1.807) is 0 Å². The van der Waals surface area contributed by atoms with Crippen LogP contribution in [0.4, 0.5) is 0 Å². The van der Waals surface area contributed by atoms with E-state index in [1.807, 2.05) is 19.9 Å². The van der Waals surface area contributed by atoms with Crippen LogP contribution in [-0.2, 0) is 6.42 Å². The normalized spacial score (nSPS) is 14.7. The summed E-state index contributed by atoms with van der Waals surface area (Å²) in [5.41, 5.74) is 19.5. The molecule has 0 amide bonds. The lowest BCUT2D eigenvalue weighted by Crippen LogP contribution is -2.00. The van der Waals surface area contributed by atoms with Crippen molar-refractivity contribution in [2.75, 3.05) is 0 Å². The summed E-state index contributed by atoms with van der Waals surface area (Å²) in [6, 6.07) is 34.4. The molecule has 0 spiro atoms. The maximum atomic E-state index is 5.93. The average Bonchev–Trinajstić information content (AvgIpc) is 3.87. The third kappa shape index (κ3) is 5.70. The quantitative estimate of drug-likeness (QED) is 0.181. The van der Waals surface area contributed by atoms with E-state index < -0.39 is 0 Å². The molecule has 0 radical (unpaired) electrons. The summed E-state index contributed by atoms with van der Waals surface area (Å²) in [5.74, 6) is 3.96. The minimum atomic E-state index is 0.493. The van der Waals surface area contributed by atoms with Crippen LogP contribution < -0.4 is 0 Å². The second-order valence-corrected chi connectivity index (χ2v) is 14.3. The summed E-state index contributed by atoms with van der Waals surface area (Å²) in [4.78, 5) is 0. The Hall–Kier alpha value is -4.86. The van der Waals surface area contributed by atoms with Crippen LogP contribution in [0.25, 0.3) is 45.6 Å². The molecule has 3 heteroatoms. The Balaban J connectivity index is 0.000000150. The van der Waals surface area contributed by atoms with Gasteiger partial charge in [0.25, 0.3) is 0 Å². The highest BCUT2D eigenvalue weighted by Crippen LogP contribution is 2.46. The molecular formula is C44H42O2Si. The number of benzene rings is 4. The van der Waals surface area contributed by atoms with E-state index in [2.05, 4.69) is 131 Å². The second-order valence-electron chi connectivity index (χ2n) is 13.2. The zero-order valence-corrected chi connectivity index (χ0v) is 30.5. The van der Waals surface area contributed by atoms with Crippen molar-refractivity contribution in [1.82, 2.24) is 0 Å². The van der Waals surface area contributed by atoms with Crippen LogP contribution in [0.15, 0.2) is 106 Å². The van der Waals surface area contributed by atoms with Crippen molar-refractivity contribution in [1.29, 1.82) is 0 Å². The molecule has 2 aliphatic carbocycles. The minimum absolute atomic E-state index is 0.493. The van der Waals surface area contributed by atoms with Gasteiger partial charge in [-0.15, -0.1) is 0 Å². The number of furan rings is 2. The largest absolute Gasteiger partial charge is 0.462 e. The van der Waals surface area contributed by atoms with E-state index in [-0.39, 0.29) is 0 Å². The van der Waals surface area contributed by atoms with Crippen molar-refractivity contribution >= 4 is 33.5 Å². The van der Waals surface area contributed by atoms with Gasteiger partial charge in [0.2, 0.25) is 0 Å². The Labute approximate surface area is 281 Å². The molecule has 0 fully saturated rings. The van der Waals surface area contributed by atoms with Crippen LogP contribution in [0.5, 0.6) is 0 Å². The molecule has 0 saturated heterocycles. The predicted molar refractivity (Wildman–Crippen MR) is 202 cm³/mol. The average molecular weight is 631 g/mol. The van der Waals surface area contributed by atoms with Crippen LogP contribution in [-0.4, -0.2) is 10.2 Å². The Kier molecular flexibility index (Phi) is 8.11. The van der Waals surface area contributed by atoms with Gasteiger partial charge in [0.1, 0.15) is 23.0 Å². The number of hydrogen-bond donors (Lipinski definition) is 0. The number of hydrogen-bond acceptors (Lipinski definition) is 2. The van der Waals surface area contributed by atoms with E-state index in [4.69, 9.17) is 8.83 Å². The lowest BCUT2D eigenvalue weighted by atomic mass is 9.90. The van der Waals surface area contributed by atoms with Crippen LogP contribution >= 0.6 is 0 Å². The molecule has 0 N–H and O–H groups in total. The highest BCUT2D eigenvalue weighted by molar-refractivity contribution is 6.23. The smallest absolute Gasteiger partial charge is 0.130 e. The van der Waals surface area contributed by atoms with Gasteiger partial charge in [-0.1, -0.05) is 72.8 Å². The molecule has 6 aromatic rings. The van der Waals surface area contributed by atoms with E-state index in [0.717, 1.165) is 39.7 Å². The van der Waals surface area contributed by atoms with E-state index >= 15 is 0 Å². The Morgan fingerprint density at radius 1 is 0.574 bits per heavy atom. The third-order valence-electron chi connectivity index (χ3n) is 10.0. The number of allylic oxidation sites excluding steroid dienone is 2. The Bertz CT molecular complexity index is 2170. The molecule has 47 heavy (non-hydrogen) atoms. The van der Waals surface area contributed by atoms with Gasteiger partial charge < -0.3 is 8.83 Å². The van der Waals surface area contributed by atoms with Crippen molar-refractivity contribution < 1.29 is 8.83 Å². The van der Waals surface area contributed by atoms with Gasteiger partial charge in [-0.05, 0) is 161 Å². The molecule has 2 aromatic heterocycles. The molecule has 2 nitrogen and oxygen atoms in total. The topological polar surface area (TPSA) is 26.3 Å². The summed E-state index contributed by atoms with van der Waals surface area (Å²) in [7, 11) is 1.08. The van der Waals surface area contributed by atoms with Crippen molar-refractivity contribution in [2.45, 2.75) is 53.5 Å². The van der Waals surface area contributed by atoms with Gasteiger partial charge in [0.15, 0.2) is 0 Å². The molecule has 2 aliphatic rings. The van der Waals surface area contributed by atoms with Gasteiger partial charge in [0, 0.05) is 16.7 Å². The standard InChI is InChI=1S/C22H22OSi.C22H20O/c1-13-11-18-17(21(15(13)3)16-7-5-4-6-8-16)12-19(22(18)24)20-10-9-14(2)23-20;1-14-11-18-12-19(21-10-9-15(2)23-21)13-20(18)22(16(14)3)17-7-5-4-6-8-17/h4-12,22H,1-3,24H3;4-11,13H,12H2,1-3H3. The lowest BCUT2D eigenvalue weighted by molar-refractivity contribution is 0.520. The maximum Gasteiger partial charge on any atom is 0.130 e. The zero-order valence-electron chi connectivity index (χ0n) is 28.5. The Morgan fingerprint density at radius 3 is 1.66 bits per heavy atom. The second kappa shape index (κ2) is 12.4. The molecule has 0 aliphatic heterocycles. The van der Waals surface area contributed by atoms with Gasteiger partial charge in [0.05, 0.1) is 0 Å². The van der Waals surface area contributed by atoms with E-state index in [1.165, 1.54) is 77.9 Å². The maximum absolute atomic E-state index is 5.93. The van der Waals surface area contributed by atoms with Crippen LogP contribution in [0.2, 0.25) is 0 Å². The van der Waals surface area contributed by atoms with Gasteiger partial charge >= 0.3 is 0 Å². The number of fused-ring (bicyclic) bond motifs is 2. The number of rotatable bonds is 4. The van der Waals surface area contributed by atoms with Crippen molar-refractivity contribution in [3.05, 3.63) is 165 Å². The Morgan fingerprint density at radius 2 is 1.11 bits per heavy atom. The third-order valence-corrected chi connectivity index (χ3v) is 11.3. The fraction of sp³-hybridized carbons (Fsp3) is 0.182. The zero-order chi connectivity index (χ0) is 32.8. The van der Waals surface area contributed by atoms with Crippen LogP contribution in [0.3, 0.4) is 0 Å². The number of aryl methyl sites for hydroxylation is 4.